The third-order valence-corrected chi connectivity index (χ3v) is 2.86. The highest BCUT2D eigenvalue weighted by Crippen LogP contribution is 2.10. The summed E-state index contributed by atoms with van der Waals surface area (Å²) < 4.78 is 15.4. The van der Waals surface area contributed by atoms with Crippen LogP contribution in [0.15, 0.2) is 0 Å². The van der Waals surface area contributed by atoms with Gasteiger partial charge in [-0.15, -0.1) is 0 Å². The molecule has 2 unspecified atom stereocenters. The van der Waals surface area contributed by atoms with Crippen molar-refractivity contribution in [1.29, 1.82) is 0 Å². The molecule has 1 saturated heterocycles. The number of carbonyl (C=O) groups excluding carboxylic acids is 2. The summed E-state index contributed by atoms with van der Waals surface area (Å²) in [5, 5.41) is 2.49. The third-order valence-electron chi connectivity index (χ3n) is 2.86. The average molecular weight is 274 g/mol. The molecule has 1 rings (SSSR count). The lowest BCUT2D eigenvalue weighted by molar-refractivity contribution is -0.154. The van der Waals surface area contributed by atoms with E-state index in [0.717, 1.165) is 0 Å². The first kappa shape index (κ1) is 15.9. The standard InChI is InChI=1S/C12H22N2O5/c1-8-6-14(7-9(2)19-8)12(16)11(15)13-5-10(17-3)18-4/h8-10H,5-7H2,1-4H3,(H,13,15). The number of hydrogen-bond acceptors (Lipinski definition) is 5. The fourth-order valence-corrected chi connectivity index (χ4v) is 2.00. The summed E-state index contributed by atoms with van der Waals surface area (Å²) in [5.41, 5.74) is 0. The van der Waals surface area contributed by atoms with Gasteiger partial charge in [0.25, 0.3) is 0 Å². The van der Waals surface area contributed by atoms with Crippen molar-refractivity contribution in [3.8, 4) is 0 Å². The molecule has 7 heteroatoms. The Morgan fingerprint density at radius 1 is 1.26 bits per heavy atom. The predicted molar refractivity (Wildman–Crippen MR) is 67.4 cm³/mol. The van der Waals surface area contributed by atoms with E-state index in [2.05, 4.69) is 5.32 Å². The zero-order valence-electron chi connectivity index (χ0n) is 11.8. The minimum atomic E-state index is -0.652. The van der Waals surface area contributed by atoms with E-state index in [-0.39, 0.29) is 18.8 Å². The van der Waals surface area contributed by atoms with Gasteiger partial charge in [-0.25, -0.2) is 0 Å². The molecule has 0 aromatic heterocycles. The quantitative estimate of drug-likeness (QED) is 0.545. The van der Waals surface area contributed by atoms with Crippen LogP contribution in [-0.2, 0) is 23.8 Å². The zero-order chi connectivity index (χ0) is 14.4. The van der Waals surface area contributed by atoms with Crippen molar-refractivity contribution < 1.29 is 23.8 Å². The van der Waals surface area contributed by atoms with E-state index in [4.69, 9.17) is 14.2 Å². The van der Waals surface area contributed by atoms with Gasteiger partial charge in [-0.1, -0.05) is 0 Å². The molecular formula is C12H22N2O5. The second-order valence-electron chi connectivity index (χ2n) is 4.58. The van der Waals surface area contributed by atoms with E-state index >= 15 is 0 Å². The number of rotatable bonds is 4. The number of carbonyl (C=O) groups is 2. The molecule has 7 nitrogen and oxygen atoms in total. The van der Waals surface area contributed by atoms with E-state index < -0.39 is 18.1 Å². The summed E-state index contributed by atoms with van der Waals surface area (Å²) in [6.07, 6.45) is -0.684. The van der Waals surface area contributed by atoms with Crippen LogP contribution in [0.5, 0.6) is 0 Å². The molecule has 0 aliphatic carbocycles. The molecule has 0 spiro atoms. The summed E-state index contributed by atoms with van der Waals surface area (Å²) in [6.45, 7) is 4.73. The van der Waals surface area contributed by atoms with Gasteiger partial charge in [0.15, 0.2) is 6.29 Å². The number of amides is 2. The van der Waals surface area contributed by atoms with Gasteiger partial charge >= 0.3 is 11.8 Å². The maximum atomic E-state index is 12.0. The normalized spacial score (nSPS) is 23.5. The molecule has 0 aromatic carbocycles. The Bertz CT molecular complexity index is 309. The summed E-state index contributed by atoms with van der Waals surface area (Å²) >= 11 is 0. The molecule has 110 valence electrons. The Balaban J connectivity index is 2.45. The summed E-state index contributed by atoms with van der Waals surface area (Å²) in [5.74, 6) is -1.20. The van der Waals surface area contributed by atoms with E-state index in [1.807, 2.05) is 13.8 Å². The lowest BCUT2D eigenvalue weighted by atomic mass is 10.2. The number of nitrogens with zero attached hydrogens (tertiary/aromatic N) is 1. The Morgan fingerprint density at radius 2 is 1.79 bits per heavy atom. The van der Waals surface area contributed by atoms with Crippen molar-refractivity contribution in [3.63, 3.8) is 0 Å². The highest BCUT2D eigenvalue weighted by atomic mass is 16.7. The minimum Gasteiger partial charge on any atom is -0.372 e. The van der Waals surface area contributed by atoms with E-state index in [1.54, 1.807) is 0 Å². The van der Waals surface area contributed by atoms with E-state index in [0.29, 0.717) is 13.1 Å². The summed E-state index contributed by atoms with van der Waals surface area (Å²) in [7, 11) is 2.93. The van der Waals surface area contributed by atoms with E-state index in [9.17, 15) is 9.59 Å². The Morgan fingerprint density at radius 3 is 2.26 bits per heavy atom. The fourth-order valence-electron chi connectivity index (χ4n) is 2.00. The van der Waals surface area contributed by atoms with Crippen molar-refractivity contribution in [2.24, 2.45) is 0 Å². The third kappa shape index (κ3) is 4.77. The molecule has 1 aliphatic rings. The second kappa shape index (κ2) is 7.42. The van der Waals surface area contributed by atoms with Crippen LogP contribution in [0.25, 0.3) is 0 Å². The first-order chi connectivity index (χ1) is 8.97. The van der Waals surface area contributed by atoms with Gasteiger partial charge in [-0.05, 0) is 13.8 Å². The number of ether oxygens (including phenoxy) is 3. The van der Waals surface area contributed by atoms with Gasteiger partial charge in [0, 0.05) is 27.3 Å². The highest BCUT2D eigenvalue weighted by molar-refractivity contribution is 6.35. The molecule has 0 radical (unpaired) electrons. The van der Waals surface area contributed by atoms with Gasteiger partial charge in [0.05, 0.1) is 18.8 Å². The molecule has 0 aromatic rings. The Kier molecular flexibility index (Phi) is 6.20. The second-order valence-corrected chi connectivity index (χ2v) is 4.58. The van der Waals surface area contributed by atoms with Crippen LogP contribution in [0.4, 0.5) is 0 Å². The van der Waals surface area contributed by atoms with Crippen molar-refractivity contribution in [2.45, 2.75) is 32.3 Å². The van der Waals surface area contributed by atoms with Crippen LogP contribution in [0.3, 0.4) is 0 Å². The maximum absolute atomic E-state index is 12.0. The monoisotopic (exact) mass is 274 g/mol. The highest BCUT2D eigenvalue weighted by Gasteiger charge is 2.29. The smallest absolute Gasteiger partial charge is 0.312 e. The van der Waals surface area contributed by atoms with Crippen molar-refractivity contribution in [1.82, 2.24) is 10.2 Å². The van der Waals surface area contributed by atoms with Gasteiger partial charge in [0.2, 0.25) is 0 Å². The topological polar surface area (TPSA) is 77.1 Å². The van der Waals surface area contributed by atoms with Crippen LogP contribution >= 0.6 is 0 Å². The average Bonchev–Trinajstić information content (AvgIpc) is 2.37. The van der Waals surface area contributed by atoms with Gasteiger partial charge in [0.1, 0.15) is 0 Å². The Hall–Kier alpha value is -1.18. The molecule has 2 atom stereocenters. The molecule has 1 fully saturated rings. The van der Waals surface area contributed by atoms with Crippen LogP contribution in [-0.4, -0.2) is 69.1 Å². The predicted octanol–water partition coefficient (Wildman–Crippen LogP) is -0.643. The van der Waals surface area contributed by atoms with Crippen molar-refractivity contribution in [3.05, 3.63) is 0 Å². The lowest BCUT2D eigenvalue weighted by Gasteiger charge is -2.34. The minimum absolute atomic E-state index is 0.0637. The summed E-state index contributed by atoms with van der Waals surface area (Å²) in [6, 6.07) is 0. The number of methoxy groups -OCH3 is 2. The zero-order valence-corrected chi connectivity index (χ0v) is 11.8. The maximum Gasteiger partial charge on any atom is 0.312 e. The molecule has 2 amide bonds. The molecule has 1 heterocycles. The number of morpholine rings is 1. The largest absolute Gasteiger partial charge is 0.372 e. The van der Waals surface area contributed by atoms with Crippen molar-refractivity contribution >= 4 is 11.8 Å². The van der Waals surface area contributed by atoms with Crippen LogP contribution in [0.1, 0.15) is 13.8 Å². The van der Waals surface area contributed by atoms with Crippen molar-refractivity contribution in [2.75, 3.05) is 33.9 Å². The number of hydrogen-bond donors (Lipinski definition) is 1. The molecule has 0 bridgehead atoms. The SMILES string of the molecule is COC(CNC(=O)C(=O)N1CC(C)OC(C)C1)OC. The number of nitrogens with one attached hydrogen (secondary N) is 1. The van der Waals surface area contributed by atoms with Gasteiger partial charge in [-0.3, -0.25) is 9.59 Å². The van der Waals surface area contributed by atoms with Gasteiger partial charge in [-0.2, -0.15) is 0 Å². The molecule has 0 saturated carbocycles. The Labute approximate surface area is 113 Å². The first-order valence-electron chi connectivity index (χ1n) is 6.26. The van der Waals surface area contributed by atoms with Crippen LogP contribution < -0.4 is 5.32 Å². The van der Waals surface area contributed by atoms with Crippen LogP contribution in [0.2, 0.25) is 0 Å². The molecule has 1 aliphatic heterocycles. The summed E-state index contributed by atoms with van der Waals surface area (Å²) in [4.78, 5) is 25.2. The molecule has 19 heavy (non-hydrogen) atoms. The first-order valence-corrected chi connectivity index (χ1v) is 6.26. The van der Waals surface area contributed by atoms with Gasteiger partial charge < -0.3 is 24.4 Å². The van der Waals surface area contributed by atoms with E-state index in [1.165, 1.54) is 19.1 Å². The fraction of sp³-hybridized carbons (Fsp3) is 0.833. The lowest BCUT2D eigenvalue weighted by Crippen LogP contribution is -2.53. The van der Waals surface area contributed by atoms with Crippen LogP contribution in [0, 0.1) is 0 Å². The molecular weight excluding hydrogens is 252 g/mol. The molecule has 1 N–H and O–H groups in total.